The van der Waals surface area contributed by atoms with Gasteiger partial charge in [0.05, 0.1) is 10.7 Å². The summed E-state index contributed by atoms with van der Waals surface area (Å²) in [6, 6.07) is 3.90. The quantitative estimate of drug-likeness (QED) is 0.666. The Morgan fingerprint density at radius 3 is 2.57 bits per heavy atom. The van der Waals surface area contributed by atoms with Crippen LogP contribution in [0, 0.1) is 13.8 Å². The normalized spacial score (nSPS) is 11.8. The van der Waals surface area contributed by atoms with Crippen molar-refractivity contribution in [3.05, 3.63) is 44.9 Å². The minimum atomic E-state index is -4.43. The second-order valence-corrected chi connectivity index (χ2v) is 6.42. The number of benzene rings is 1. The van der Waals surface area contributed by atoms with E-state index in [0.29, 0.717) is 24.5 Å². The van der Waals surface area contributed by atoms with E-state index in [-0.39, 0.29) is 4.73 Å². The molecular formula is C15H16BrClF3N3. The Balaban J connectivity index is 1.93. The lowest BCUT2D eigenvalue weighted by Crippen LogP contribution is -2.08. The molecule has 0 radical (unpaired) electrons. The summed E-state index contributed by atoms with van der Waals surface area (Å²) in [5.74, 6) is 0. The van der Waals surface area contributed by atoms with Crippen LogP contribution < -0.4 is 5.32 Å². The van der Waals surface area contributed by atoms with Gasteiger partial charge in [0.25, 0.3) is 0 Å². The highest BCUT2D eigenvalue weighted by Crippen LogP contribution is 2.30. The second kappa shape index (κ2) is 7.13. The first kappa shape index (κ1) is 18.1. The number of hydrogen-bond donors (Lipinski definition) is 1. The number of nitrogens with zero attached hydrogens (tertiary/aromatic N) is 2. The lowest BCUT2D eigenvalue weighted by molar-refractivity contribution is -0.141. The molecule has 126 valence electrons. The summed E-state index contributed by atoms with van der Waals surface area (Å²) in [6.45, 7) is 4.94. The van der Waals surface area contributed by atoms with Gasteiger partial charge in [-0.15, -0.1) is 0 Å². The monoisotopic (exact) mass is 409 g/mol. The molecule has 0 aliphatic carbocycles. The van der Waals surface area contributed by atoms with Crippen molar-refractivity contribution in [3.8, 4) is 0 Å². The molecule has 0 aliphatic heterocycles. The molecule has 0 bridgehead atoms. The van der Waals surface area contributed by atoms with Gasteiger partial charge < -0.3 is 9.88 Å². The van der Waals surface area contributed by atoms with Crippen LogP contribution in [-0.2, 0) is 12.7 Å². The van der Waals surface area contributed by atoms with Crippen molar-refractivity contribution in [3.63, 3.8) is 0 Å². The van der Waals surface area contributed by atoms with Crippen LogP contribution in [0.25, 0.3) is 0 Å². The SMILES string of the molecule is Cc1cc(C)c(NCCCn2cc(C(F)(F)F)nc2Br)c(Cl)c1. The van der Waals surface area contributed by atoms with Crippen molar-refractivity contribution in [2.75, 3.05) is 11.9 Å². The molecular weight excluding hydrogens is 395 g/mol. The van der Waals surface area contributed by atoms with Crippen LogP contribution in [0.15, 0.2) is 23.1 Å². The number of hydrogen-bond acceptors (Lipinski definition) is 2. The van der Waals surface area contributed by atoms with Gasteiger partial charge in [-0.05, 0) is 53.4 Å². The first-order valence-corrected chi connectivity index (χ1v) is 8.16. The van der Waals surface area contributed by atoms with Crippen LogP contribution >= 0.6 is 27.5 Å². The van der Waals surface area contributed by atoms with Crippen molar-refractivity contribution < 1.29 is 13.2 Å². The Morgan fingerprint density at radius 1 is 1.30 bits per heavy atom. The fraction of sp³-hybridized carbons (Fsp3) is 0.400. The third kappa shape index (κ3) is 4.64. The molecule has 0 fully saturated rings. The molecule has 23 heavy (non-hydrogen) atoms. The number of imidazole rings is 1. The lowest BCUT2D eigenvalue weighted by atomic mass is 10.1. The minimum absolute atomic E-state index is 0.175. The van der Waals surface area contributed by atoms with Crippen LogP contribution in [0.2, 0.25) is 5.02 Å². The second-order valence-electron chi connectivity index (χ2n) is 5.31. The van der Waals surface area contributed by atoms with E-state index >= 15 is 0 Å². The average molecular weight is 411 g/mol. The molecule has 0 unspecified atom stereocenters. The number of halogens is 5. The van der Waals surface area contributed by atoms with Crippen molar-refractivity contribution in [1.29, 1.82) is 0 Å². The van der Waals surface area contributed by atoms with Crippen molar-refractivity contribution >= 4 is 33.2 Å². The first-order valence-electron chi connectivity index (χ1n) is 6.99. The maximum Gasteiger partial charge on any atom is 0.434 e. The molecule has 8 heteroatoms. The van der Waals surface area contributed by atoms with E-state index in [9.17, 15) is 13.2 Å². The summed E-state index contributed by atoms with van der Waals surface area (Å²) in [5, 5.41) is 3.88. The summed E-state index contributed by atoms with van der Waals surface area (Å²) in [7, 11) is 0. The average Bonchev–Trinajstić information content (AvgIpc) is 2.78. The van der Waals surface area contributed by atoms with E-state index in [1.54, 1.807) is 0 Å². The number of rotatable bonds is 5. The minimum Gasteiger partial charge on any atom is -0.384 e. The fourth-order valence-corrected chi connectivity index (χ4v) is 3.15. The van der Waals surface area contributed by atoms with E-state index in [4.69, 9.17) is 11.6 Å². The Bertz CT molecular complexity index is 675. The Morgan fingerprint density at radius 2 is 2.00 bits per heavy atom. The summed E-state index contributed by atoms with van der Waals surface area (Å²) >= 11 is 9.25. The topological polar surface area (TPSA) is 29.9 Å². The number of nitrogens with one attached hydrogen (secondary N) is 1. The van der Waals surface area contributed by atoms with Gasteiger partial charge in [-0.25, -0.2) is 4.98 Å². The summed E-state index contributed by atoms with van der Waals surface area (Å²) in [4.78, 5) is 3.47. The Kier molecular flexibility index (Phi) is 5.62. The number of alkyl halides is 3. The maximum atomic E-state index is 12.6. The molecule has 3 nitrogen and oxygen atoms in total. The van der Waals surface area contributed by atoms with Crippen LogP contribution in [0.1, 0.15) is 23.2 Å². The molecule has 1 aromatic heterocycles. The standard InChI is InChI=1S/C15H16BrClF3N3/c1-9-6-10(2)13(11(17)7-9)21-4-3-5-23-8-12(15(18,19)20)22-14(23)16/h6-8,21H,3-5H2,1-2H3. The van der Waals surface area contributed by atoms with Crippen LogP contribution in [0.5, 0.6) is 0 Å². The van der Waals surface area contributed by atoms with Crippen molar-refractivity contribution in [1.82, 2.24) is 9.55 Å². The largest absolute Gasteiger partial charge is 0.434 e. The van der Waals surface area contributed by atoms with Crippen LogP contribution in [0.3, 0.4) is 0 Å². The highest BCUT2D eigenvalue weighted by molar-refractivity contribution is 9.10. The van der Waals surface area contributed by atoms with Gasteiger partial charge in [-0.2, -0.15) is 13.2 Å². The number of aryl methyl sites for hydroxylation is 3. The molecule has 1 N–H and O–H groups in total. The molecule has 2 rings (SSSR count). The summed E-state index contributed by atoms with van der Waals surface area (Å²) in [5.41, 5.74) is 2.09. The van der Waals surface area contributed by atoms with E-state index < -0.39 is 11.9 Å². The van der Waals surface area contributed by atoms with Gasteiger partial charge in [0.15, 0.2) is 10.4 Å². The molecule has 0 saturated heterocycles. The molecule has 2 aromatic rings. The number of aromatic nitrogens is 2. The van der Waals surface area contributed by atoms with Gasteiger partial charge in [0, 0.05) is 19.3 Å². The highest BCUT2D eigenvalue weighted by atomic mass is 79.9. The Labute approximate surface area is 146 Å². The summed E-state index contributed by atoms with van der Waals surface area (Å²) in [6.07, 6.45) is -2.79. The van der Waals surface area contributed by atoms with Gasteiger partial charge in [-0.1, -0.05) is 17.7 Å². The van der Waals surface area contributed by atoms with E-state index in [1.807, 2.05) is 26.0 Å². The molecule has 0 atom stereocenters. The molecule has 0 aliphatic rings. The molecule has 0 spiro atoms. The fourth-order valence-electron chi connectivity index (χ4n) is 2.29. The first-order chi connectivity index (χ1) is 10.7. The maximum absolute atomic E-state index is 12.6. The number of anilines is 1. The van der Waals surface area contributed by atoms with Gasteiger partial charge in [0.1, 0.15) is 0 Å². The zero-order valence-corrected chi connectivity index (χ0v) is 15.0. The van der Waals surface area contributed by atoms with Crippen molar-refractivity contribution in [2.24, 2.45) is 0 Å². The third-order valence-corrected chi connectivity index (χ3v) is 4.26. The van der Waals surface area contributed by atoms with Gasteiger partial charge in [0.2, 0.25) is 0 Å². The third-order valence-electron chi connectivity index (χ3n) is 3.33. The zero-order chi connectivity index (χ0) is 17.2. The summed E-state index contributed by atoms with van der Waals surface area (Å²) < 4.78 is 39.4. The van der Waals surface area contributed by atoms with Crippen LogP contribution in [0.4, 0.5) is 18.9 Å². The predicted octanol–water partition coefficient (Wildman–Crippen LogP) is 5.44. The molecule has 0 saturated carbocycles. The molecule has 1 aromatic carbocycles. The van der Waals surface area contributed by atoms with E-state index in [1.165, 1.54) is 4.57 Å². The van der Waals surface area contributed by atoms with E-state index in [0.717, 1.165) is 23.0 Å². The lowest BCUT2D eigenvalue weighted by Gasteiger charge is -2.13. The van der Waals surface area contributed by atoms with Crippen molar-refractivity contribution in [2.45, 2.75) is 33.0 Å². The molecule has 1 heterocycles. The highest BCUT2D eigenvalue weighted by Gasteiger charge is 2.34. The predicted molar refractivity (Wildman–Crippen MR) is 89.0 cm³/mol. The van der Waals surface area contributed by atoms with E-state index in [2.05, 4.69) is 26.2 Å². The van der Waals surface area contributed by atoms with Gasteiger partial charge >= 0.3 is 6.18 Å². The Hall–Kier alpha value is -1.21. The molecule has 0 amide bonds. The smallest absolute Gasteiger partial charge is 0.384 e. The van der Waals surface area contributed by atoms with Gasteiger partial charge in [-0.3, -0.25) is 0 Å². The zero-order valence-electron chi connectivity index (χ0n) is 12.6. The van der Waals surface area contributed by atoms with Crippen LogP contribution in [-0.4, -0.2) is 16.1 Å².